The first-order chi connectivity index (χ1) is 14.5. The van der Waals surface area contributed by atoms with Crippen molar-refractivity contribution in [3.63, 3.8) is 0 Å². The Bertz CT molecular complexity index is 881. The molecule has 5 nitrogen and oxygen atoms in total. The molecule has 0 bridgehead atoms. The van der Waals surface area contributed by atoms with Crippen LogP contribution in [-0.4, -0.2) is 47.2 Å². The second kappa shape index (κ2) is 8.86. The van der Waals surface area contributed by atoms with Crippen LogP contribution in [0, 0.1) is 11.3 Å². The molecule has 0 aliphatic heterocycles. The van der Waals surface area contributed by atoms with Gasteiger partial charge in [0.2, 0.25) is 5.91 Å². The van der Waals surface area contributed by atoms with Crippen LogP contribution in [0.1, 0.15) is 36.3 Å². The minimum Gasteiger partial charge on any atom is -0.508 e. The van der Waals surface area contributed by atoms with E-state index >= 15 is 0 Å². The molecule has 0 saturated heterocycles. The van der Waals surface area contributed by atoms with Gasteiger partial charge in [0.15, 0.2) is 0 Å². The van der Waals surface area contributed by atoms with E-state index in [0.717, 1.165) is 5.56 Å². The third kappa shape index (κ3) is 5.01. The minimum atomic E-state index is -4.44. The molecule has 1 heterocycles. The molecule has 1 aliphatic rings. The zero-order valence-electron chi connectivity index (χ0n) is 17.6. The van der Waals surface area contributed by atoms with Gasteiger partial charge in [-0.15, -0.1) is 0 Å². The largest absolute Gasteiger partial charge is 0.508 e. The second-order valence-electron chi connectivity index (χ2n) is 8.65. The third-order valence-electron chi connectivity index (χ3n) is 6.42. The number of nitrogens with two attached hydrogens (primary N) is 1. The first kappa shape index (κ1) is 23.1. The first-order valence-electron chi connectivity index (χ1n) is 10.3. The molecule has 8 heteroatoms. The number of pyridine rings is 1. The van der Waals surface area contributed by atoms with Crippen LogP contribution in [0.15, 0.2) is 48.8 Å². The Balaban J connectivity index is 1.96. The molecule has 0 spiro atoms. The molecular formula is C23H28F3N3O2. The van der Waals surface area contributed by atoms with E-state index in [1.54, 1.807) is 36.4 Å². The van der Waals surface area contributed by atoms with Gasteiger partial charge >= 0.3 is 6.18 Å². The molecule has 3 rings (SSSR count). The van der Waals surface area contributed by atoms with E-state index in [-0.39, 0.29) is 31.1 Å². The van der Waals surface area contributed by atoms with Crippen molar-refractivity contribution < 1.29 is 23.1 Å². The number of benzene rings is 1. The lowest BCUT2D eigenvalue weighted by molar-refractivity contribution is -0.198. The highest BCUT2D eigenvalue weighted by Gasteiger charge is 2.69. The predicted molar refractivity (Wildman–Crippen MR) is 111 cm³/mol. The fourth-order valence-corrected chi connectivity index (χ4v) is 4.49. The summed E-state index contributed by atoms with van der Waals surface area (Å²) in [5, 5.41) is 9.51. The van der Waals surface area contributed by atoms with Crippen LogP contribution in [0.25, 0.3) is 0 Å². The fourth-order valence-electron chi connectivity index (χ4n) is 4.49. The smallest absolute Gasteiger partial charge is 0.395 e. The summed E-state index contributed by atoms with van der Waals surface area (Å²) >= 11 is 0. The summed E-state index contributed by atoms with van der Waals surface area (Å²) in [5.41, 5.74) is 5.08. The zero-order valence-corrected chi connectivity index (χ0v) is 17.6. The summed E-state index contributed by atoms with van der Waals surface area (Å²) < 4.78 is 42.4. The molecule has 1 aromatic carbocycles. The number of hydrogen-bond acceptors (Lipinski definition) is 4. The van der Waals surface area contributed by atoms with Crippen molar-refractivity contribution in [1.82, 2.24) is 9.88 Å². The number of aromatic hydroxyl groups is 1. The van der Waals surface area contributed by atoms with E-state index < -0.39 is 29.3 Å². The average molecular weight is 435 g/mol. The van der Waals surface area contributed by atoms with Gasteiger partial charge in [-0.25, -0.2) is 0 Å². The highest BCUT2D eigenvalue weighted by molar-refractivity contribution is 5.78. The molecule has 1 saturated carbocycles. The summed E-state index contributed by atoms with van der Waals surface area (Å²) in [4.78, 5) is 18.5. The highest BCUT2D eigenvalue weighted by Crippen LogP contribution is 2.67. The van der Waals surface area contributed by atoms with Crippen LogP contribution in [0.4, 0.5) is 13.2 Å². The van der Waals surface area contributed by atoms with E-state index in [0.29, 0.717) is 12.0 Å². The van der Waals surface area contributed by atoms with Crippen LogP contribution in [-0.2, 0) is 11.2 Å². The fraction of sp³-hybridized carbons (Fsp3) is 0.478. The Morgan fingerprint density at radius 3 is 2.32 bits per heavy atom. The lowest BCUT2D eigenvalue weighted by Crippen LogP contribution is -2.43. The number of rotatable bonds is 9. The number of carbonyl (C=O) groups excluding carboxylic acids is 1. The Morgan fingerprint density at radius 1 is 1.23 bits per heavy atom. The summed E-state index contributed by atoms with van der Waals surface area (Å²) in [7, 11) is 3.66. The van der Waals surface area contributed by atoms with E-state index in [4.69, 9.17) is 5.73 Å². The molecule has 1 aromatic heterocycles. The van der Waals surface area contributed by atoms with Gasteiger partial charge in [-0.1, -0.05) is 18.2 Å². The number of nitrogens with zero attached hydrogens (tertiary/aromatic N) is 2. The Hall–Kier alpha value is -2.61. The van der Waals surface area contributed by atoms with E-state index in [2.05, 4.69) is 4.98 Å². The number of primary amides is 1. The van der Waals surface area contributed by atoms with Gasteiger partial charge < -0.3 is 15.7 Å². The second-order valence-corrected chi connectivity index (χ2v) is 8.65. The quantitative estimate of drug-likeness (QED) is 0.627. The number of aromatic nitrogens is 1. The molecule has 2 unspecified atom stereocenters. The summed E-state index contributed by atoms with van der Waals surface area (Å²) in [6.45, 7) is 0. The molecule has 1 fully saturated rings. The topological polar surface area (TPSA) is 79.5 Å². The minimum absolute atomic E-state index is 0.0234. The molecule has 3 N–H and O–H groups in total. The van der Waals surface area contributed by atoms with Gasteiger partial charge in [0, 0.05) is 30.3 Å². The summed E-state index contributed by atoms with van der Waals surface area (Å²) in [5.74, 6) is -2.68. The summed E-state index contributed by atoms with van der Waals surface area (Å²) in [6.07, 6.45) is -0.880. The summed E-state index contributed by atoms with van der Waals surface area (Å²) in [6, 6.07) is 9.63. The van der Waals surface area contributed by atoms with Gasteiger partial charge in [0.05, 0.1) is 5.41 Å². The number of carbonyl (C=O) groups is 1. The molecule has 168 valence electrons. The van der Waals surface area contributed by atoms with Crippen molar-refractivity contribution in [2.45, 2.75) is 43.8 Å². The van der Waals surface area contributed by atoms with Gasteiger partial charge in [0.25, 0.3) is 0 Å². The SMILES string of the molecule is CN(C)[C@H](Cc1ccc(O)cc1)CC(C(N)=O)C(c1cccnc1)C1(C(F)(F)F)CC1. The zero-order chi connectivity index (χ0) is 22.8. The molecule has 1 aliphatic carbocycles. The molecule has 2 aromatic rings. The van der Waals surface area contributed by atoms with Crippen LogP contribution in [0.3, 0.4) is 0 Å². The van der Waals surface area contributed by atoms with E-state index in [1.807, 2.05) is 19.0 Å². The van der Waals surface area contributed by atoms with Gasteiger partial charge in [0.1, 0.15) is 5.75 Å². The molecule has 3 atom stereocenters. The number of phenols is 1. The van der Waals surface area contributed by atoms with Crippen molar-refractivity contribution in [3.05, 3.63) is 59.9 Å². The molecular weight excluding hydrogens is 407 g/mol. The maximum Gasteiger partial charge on any atom is 0.395 e. The van der Waals surface area contributed by atoms with Gasteiger partial charge in [-0.2, -0.15) is 13.2 Å². The number of hydrogen-bond donors (Lipinski definition) is 2. The Morgan fingerprint density at radius 2 is 1.87 bits per heavy atom. The Labute approximate surface area is 180 Å². The maximum atomic E-state index is 14.1. The van der Waals surface area contributed by atoms with Crippen molar-refractivity contribution in [2.75, 3.05) is 14.1 Å². The van der Waals surface area contributed by atoms with Gasteiger partial charge in [-0.3, -0.25) is 9.78 Å². The number of amides is 1. The van der Waals surface area contributed by atoms with Crippen LogP contribution in [0.2, 0.25) is 0 Å². The van der Waals surface area contributed by atoms with Gasteiger partial charge in [-0.05, 0) is 69.1 Å². The molecule has 1 amide bonds. The van der Waals surface area contributed by atoms with Crippen LogP contribution >= 0.6 is 0 Å². The first-order valence-corrected chi connectivity index (χ1v) is 10.3. The van der Waals surface area contributed by atoms with Crippen molar-refractivity contribution >= 4 is 5.91 Å². The standard InChI is InChI=1S/C23H28F3N3O2/c1-29(2)17(12-15-5-7-18(30)8-6-15)13-19(21(27)31)20(16-4-3-11-28-14-16)22(9-10-22)23(24,25)26/h3-8,11,14,17,19-20,30H,9-10,12-13H2,1-2H3,(H2,27,31)/t17-,19?,20?/m1/s1. The maximum absolute atomic E-state index is 14.1. The number of alkyl halides is 3. The third-order valence-corrected chi connectivity index (χ3v) is 6.42. The normalized spacial score (nSPS) is 18.4. The lowest BCUT2D eigenvalue weighted by Gasteiger charge is -2.37. The number of halogens is 3. The van der Waals surface area contributed by atoms with Crippen molar-refractivity contribution in [3.8, 4) is 5.75 Å². The van der Waals surface area contributed by atoms with E-state index in [9.17, 15) is 23.1 Å². The van der Waals surface area contributed by atoms with Crippen LogP contribution in [0.5, 0.6) is 5.75 Å². The molecule has 31 heavy (non-hydrogen) atoms. The van der Waals surface area contributed by atoms with E-state index in [1.165, 1.54) is 12.4 Å². The lowest BCUT2D eigenvalue weighted by atomic mass is 9.71. The van der Waals surface area contributed by atoms with Crippen molar-refractivity contribution in [1.29, 1.82) is 0 Å². The predicted octanol–water partition coefficient (Wildman–Crippen LogP) is 3.88. The molecule has 0 radical (unpaired) electrons. The van der Waals surface area contributed by atoms with Crippen molar-refractivity contribution in [2.24, 2.45) is 17.1 Å². The van der Waals surface area contributed by atoms with Crippen LogP contribution < -0.4 is 5.73 Å². The number of likely N-dealkylation sites (N-methyl/N-ethyl adjacent to an activating group) is 1. The Kier molecular flexibility index (Phi) is 6.59. The number of phenolic OH excluding ortho intramolecular Hbond substituents is 1. The average Bonchev–Trinajstić information content (AvgIpc) is 3.50. The monoisotopic (exact) mass is 435 g/mol. The highest BCUT2D eigenvalue weighted by atomic mass is 19.4.